The predicted molar refractivity (Wildman–Crippen MR) is 65.6 cm³/mol. The maximum Gasteiger partial charge on any atom is 0.0960 e. The first-order chi connectivity index (χ1) is 6.04. The second-order valence-electron chi connectivity index (χ2n) is 3.15. The standard InChI is InChI=1S/C10H13IN2/c1-7(2)10-8(3)5-6-12-13(10)9(4)11/h5-6H,4H2,1-3H3. The van der Waals surface area contributed by atoms with Gasteiger partial charge in [0.15, 0.2) is 0 Å². The molecule has 1 rings (SSSR count). The molecule has 0 aromatic carbocycles. The molecule has 70 valence electrons. The normalized spacial score (nSPS) is 15.8. The van der Waals surface area contributed by atoms with E-state index in [9.17, 15) is 0 Å². The highest BCUT2D eigenvalue weighted by atomic mass is 127. The molecule has 13 heavy (non-hydrogen) atoms. The second-order valence-corrected chi connectivity index (χ2v) is 4.40. The minimum Gasteiger partial charge on any atom is -0.228 e. The molecule has 0 fully saturated rings. The Kier molecular flexibility index (Phi) is 3.30. The van der Waals surface area contributed by atoms with Gasteiger partial charge in [-0.3, -0.25) is 0 Å². The first-order valence-corrected chi connectivity index (χ1v) is 5.15. The molecule has 0 radical (unpaired) electrons. The monoisotopic (exact) mass is 288 g/mol. The van der Waals surface area contributed by atoms with Crippen LogP contribution in [-0.2, 0) is 0 Å². The van der Waals surface area contributed by atoms with Crippen LogP contribution in [0.4, 0.5) is 0 Å². The van der Waals surface area contributed by atoms with Crippen molar-refractivity contribution in [1.82, 2.24) is 5.01 Å². The summed E-state index contributed by atoms with van der Waals surface area (Å²) < 4.78 is 0.914. The van der Waals surface area contributed by atoms with Gasteiger partial charge < -0.3 is 0 Å². The Hall–Kier alpha value is -0.580. The SMILES string of the molecule is C=C(I)N1N=CC=C(C)C1=C(C)C. The Morgan fingerprint density at radius 1 is 1.54 bits per heavy atom. The quantitative estimate of drug-likeness (QED) is 0.533. The average Bonchev–Trinajstić information content (AvgIpc) is 2.02. The summed E-state index contributed by atoms with van der Waals surface area (Å²) in [5, 5.41) is 6.12. The highest BCUT2D eigenvalue weighted by molar-refractivity contribution is 14.1. The van der Waals surface area contributed by atoms with Crippen molar-refractivity contribution < 1.29 is 0 Å². The fourth-order valence-electron chi connectivity index (χ4n) is 1.31. The third-order valence-corrected chi connectivity index (χ3v) is 2.25. The Labute approximate surface area is 92.8 Å². The average molecular weight is 288 g/mol. The van der Waals surface area contributed by atoms with Crippen LogP contribution >= 0.6 is 22.6 Å². The topological polar surface area (TPSA) is 15.6 Å². The first-order valence-electron chi connectivity index (χ1n) is 4.07. The summed E-state index contributed by atoms with van der Waals surface area (Å²) in [5.41, 5.74) is 3.64. The van der Waals surface area contributed by atoms with Gasteiger partial charge in [0, 0.05) is 6.21 Å². The molecular weight excluding hydrogens is 275 g/mol. The Bertz CT molecular complexity index is 320. The summed E-state index contributed by atoms with van der Waals surface area (Å²) >= 11 is 2.18. The van der Waals surface area contributed by atoms with E-state index in [0.29, 0.717) is 0 Å². The lowest BCUT2D eigenvalue weighted by atomic mass is 10.1. The number of hydrogen-bond acceptors (Lipinski definition) is 2. The third kappa shape index (κ3) is 2.21. The zero-order valence-electron chi connectivity index (χ0n) is 8.13. The zero-order chi connectivity index (χ0) is 10.0. The van der Waals surface area contributed by atoms with E-state index in [4.69, 9.17) is 0 Å². The molecule has 3 heteroatoms. The summed E-state index contributed by atoms with van der Waals surface area (Å²) in [7, 11) is 0. The van der Waals surface area contributed by atoms with Crippen molar-refractivity contribution in [2.75, 3.05) is 0 Å². The number of hydrogen-bond donors (Lipinski definition) is 0. The van der Waals surface area contributed by atoms with Gasteiger partial charge in [0.05, 0.1) is 9.40 Å². The number of allylic oxidation sites excluding steroid dienone is 3. The van der Waals surface area contributed by atoms with Crippen LogP contribution in [-0.4, -0.2) is 11.2 Å². The van der Waals surface area contributed by atoms with E-state index in [0.717, 1.165) is 9.40 Å². The number of hydrazone groups is 1. The van der Waals surface area contributed by atoms with Crippen LogP contribution in [0.2, 0.25) is 0 Å². The van der Waals surface area contributed by atoms with Gasteiger partial charge in [-0.05, 0) is 55.0 Å². The van der Waals surface area contributed by atoms with Crippen LogP contribution in [0.5, 0.6) is 0 Å². The van der Waals surface area contributed by atoms with Crippen LogP contribution in [0.1, 0.15) is 20.8 Å². The largest absolute Gasteiger partial charge is 0.228 e. The van der Waals surface area contributed by atoms with E-state index in [1.54, 1.807) is 6.21 Å². The summed E-state index contributed by atoms with van der Waals surface area (Å²) in [4.78, 5) is 0. The molecule has 0 saturated carbocycles. The fourth-order valence-corrected chi connectivity index (χ4v) is 1.67. The van der Waals surface area contributed by atoms with Gasteiger partial charge in [-0.2, -0.15) is 5.10 Å². The maximum absolute atomic E-state index is 4.25. The van der Waals surface area contributed by atoms with Crippen LogP contribution in [0, 0.1) is 0 Å². The number of nitrogens with zero attached hydrogens (tertiary/aromatic N) is 2. The van der Waals surface area contributed by atoms with Gasteiger partial charge in [0.2, 0.25) is 0 Å². The van der Waals surface area contributed by atoms with Crippen molar-refractivity contribution in [2.45, 2.75) is 20.8 Å². The van der Waals surface area contributed by atoms with Crippen molar-refractivity contribution in [3.63, 3.8) is 0 Å². The summed E-state index contributed by atoms with van der Waals surface area (Å²) in [6.07, 6.45) is 3.81. The van der Waals surface area contributed by atoms with Gasteiger partial charge in [0.1, 0.15) is 0 Å². The second kappa shape index (κ2) is 4.09. The minimum absolute atomic E-state index is 0.914. The molecule has 0 spiro atoms. The number of rotatable bonds is 1. The molecule has 0 saturated heterocycles. The molecule has 0 aromatic heterocycles. The predicted octanol–water partition coefficient (Wildman–Crippen LogP) is 3.43. The van der Waals surface area contributed by atoms with Gasteiger partial charge >= 0.3 is 0 Å². The van der Waals surface area contributed by atoms with E-state index in [2.05, 4.69) is 55.0 Å². The van der Waals surface area contributed by atoms with Crippen LogP contribution in [0.25, 0.3) is 0 Å². The lowest BCUT2D eigenvalue weighted by Gasteiger charge is -2.25. The molecule has 0 amide bonds. The van der Waals surface area contributed by atoms with Gasteiger partial charge in [0.25, 0.3) is 0 Å². The molecule has 0 N–H and O–H groups in total. The smallest absolute Gasteiger partial charge is 0.0960 e. The molecule has 1 aliphatic rings. The first kappa shape index (κ1) is 10.5. The molecule has 0 bridgehead atoms. The van der Waals surface area contributed by atoms with Crippen molar-refractivity contribution in [3.8, 4) is 0 Å². The Morgan fingerprint density at radius 2 is 2.15 bits per heavy atom. The van der Waals surface area contributed by atoms with E-state index >= 15 is 0 Å². The van der Waals surface area contributed by atoms with E-state index < -0.39 is 0 Å². The van der Waals surface area contributed by atoms with Gasteiger partial charge in [-0.25, -0.2) is 5.01 Å². The maximum atomic E-state index is 4.25. The van der Waals surface area contributed by atoms with E-state index in [1.165, 1.54) is 11.1 Å². The van der Waals surface area contributed by atoms with E-state index in [1.807, 2.05) is 11.1 Å². The lowest BCUT2D eigenvalue weighted by molar-refractivity contribution is 0.495. The summed E-state index contributed by atoms with van der Waals surface area (Å²) in [6.45, 7) is 10.1. The van der Waals surface area contributed by atoms with Gasteiger partial charge in [-0.1, -0.05) is 12.2 Å². The zero-order valence-corrected chi connectivity index (χ0v) is 10.3. The van der Waals surface area contributed by atoms with Crippen LogP contribution in [0.15, 0.2) is 38.3 Å². The number of halogens is 1. The highest BCUT2D eigenvalue weighted by Crippen LogP contribution is 2.27. The minimum atomic E-state index is 0.914. The van der Waals surface area contributed by atoms with Crippen molar-refractivity contribution in [3.05, 3.63) is 33.2 Å². The molecule has 0 aromatic rings. The molecule has 1 heterocycles. The van der Waals surface area contributed by atoms with Crippen LogP contribution < -0.4 is 0 Å². The molecule has 0 atom stereocenters. The van der Waals surface area contributed by atoms with Crippen molar-refractivity contribution in [1.29, 1.82) is 0 Å². The van der Waals surface area contributed by atoms with Crippen molar-refractivity contribution in [2.24, 2.45) is 5.10 Å². The van der Waals surface area contributed by atoms with E-state index in [-0.39, 0.29) is 0 Å². The molecule has 0 aliphatic carbocycles. The Balaban J connectivity index is 3.15. The lowest BCUT2D eigenvalue weighted by Crippen LogP contribution is -2.17. The molecule has 1 aliphatic heterocycles. The van der Waals surface area contributed by atoms with Crippen molar-refractivity contribution >= 4 is 28.8 Å². The fraction of sp³-hybridized carbons (Fsp3) is 0.300. The molecular formula is C10H13IN2. The molecule has 0 unspecified atom stereocenters. The summed E-state index contributed by atoms with van der Waals surface area (Å²) in [5.74, 6) is 0. The third-order valence-electron chi connectivity index (χ3n) is 1.80. The summed E-state index contributed by atoms with van der Waals surface area (Å²) in [6, 6.07) is 0. The highest BCUT2D eigenvalue weighted by Gasteiger charge is 2.15. The molecule has 2 nitrogen and oxygen atoms in total. The Morgan fingerprint density at radius 3 is 2.54 bits per heavy atom. The van der Waals surface area contributed by atoms with Crippen LogP contribution in [0.3, 0.4) is 0 Å². The van der Waals surface area contributed by atoms with Gasteiger partial charge in [-0.15, -0.1) is 0 Å².